The Kier molecular flexibility index (Phi) is 7.87. The number of aryl methyl sites for hydroxylation is 1. The van der Waals surface area contributed by atoms with Crippen LogP contribution in [0.3, 0.4) is 0 Å². The second kappa shape index (κ2) is 10.3. The van der Waals surface area contributed by atoms with Crippen LogP contribution in [-0.4, -0.2) is 31.4 Å². The number of nitrogens with one attached hydrogen (secondary N) is 1. The summed E-state index contributed by atoms with van der Waals surface area (Å²) in [4.78, 5) is 12.7. The molecule has 2 aromatic rings. The molecule has 0 radical (unpaired) electrons. The van der Waals surface area contributed by atoms with E-state index in [1.807, 2.05) is 58.9 Å². The Morgan fingerprint density at radius 2 is 1.54 bits per heavy atom. The predicted molar refractivity (Wildman–Crippen MR) is 111 cm³/mol. The van der Waals surface area contributed by atoms with Crippen molar-refractivity contribution < 1.29 is 19.0 Å². The summed E-state index contributed by atoms with van der Waals surface area (Å²) in [7, 11) is 0. The average Bonchev–Trinajstić information content (AvgIpc) is 2.68. The molecule has 28 heavy (non-hydrogen) atoms. The molecule has 0 bridgehead atoms. The standard InChI is InChI=1S/C22H28N2O4/c1-6-26-19-13-18(14-20(27-7-2)21(19)28-8-3)22(25)24-23-16(5)17-11-9-10-15(4)12-17/h9-14H,6-8H2,1-5H3,(H,24,25)/b23-16+. The number of carbonyl (C=O) groups excluding carboxylic acids is 1. The Labute approximate surface area is 166 Å². The van der Waals surface area contributed by atoms with Gasteiger partial charge in [0.1, 0.15) is 0 Å². The van der Waals surface area contributed by atoms with Crippen LogP contribution in [0.25, 0.3) is 0 Å². The van der Waals surface area contributed by atoms with E-state index in [2.05, 4.69) is 10.5 Å². The molecule has 0 aromatic heterocycles. The highest BCUT2D eigenvalue weighted by atomic mass is 16.5. The minimum Gasteiger partial charge on any atom is -0.490 e. The molecular weight excluding hydrogens is 356 g/mol. The van der Waals surface area contributed by atoms with Crippen molar-refractivity contribution in [1.82, 2.24) is 5.43 Å². The summed E-state index contributed by atoms with van der Waals surface area (Å²) in [6, 6.07) is 11.2. The van der Waals surface area contributed by atoms with Crippen molar-refractivity contribution in [2.45, 2.75) is 34.6 Å². The van der Waals surface area contributed by atoms with Gasteiger partial charge in [0.15, 0.2) is 11.5 Å². The van der Waals surface area contributed by atoms with Crippen LogP contribution in [0.2, 0.25) is 0 Å². The molecular formula is C22H28N2O4. The van der Waals surface area contributed by atoms with Gasteiger partial charge in [0.05, 0.1) is 25.5 Å². The number of ether oxygens (including phenoxy) is 3. The van der Waals surface area contributed by atoms with Gasteiger partial charge in [0.2, 0.25) is 5.75 Å². The number of nitrogens with zero attached hydrogens (tertiary/aromatic N) is 1. The normalized spacial score (nSPS) is 11.1. The van der Waals surface area contributed by atoms with Crippen molar-refractivity contribution in [3.63, 3.8) is 0 Å². The van der Waals surface area contributed by atoms with Crippen molar-refractivity contribution in [2.24, 2.45) is 5.10 Å². The molecule has 0 fully saturated rings. The summed E-state index contributed by atoms with van der Waals surface area (Å²) in [5, 5.41) is 4.23. The van der Waals surface area contributed by atoms with Gasteiger partial charge in [0.25, 0.3) is 5.91 Å². The van der Waals surface area contributed by atoms with Crippen LogP contribution >= 0.6 is 0 Å². The third-order valence-corrected chi connectivity index (χ3v) is 3.93. The second-order valence-corrected chi connectivity index (χ2v) is 6.11. The van der Waals surface area contributed by atoms with Crippen LogP contribution in [0.5, 0.6) is 17.2 Å². The first kappa shape index (κ1) is 21.3. The maximum Gasteiger partial charge on any atom is 0.271 e. The molecule has 2 aromatic carbocycles. The van der Waals surface area contributed by atoms with Crippen LogP contribution in [0.15, 0.2) is 41.5 Å². The van der Waals surface area contributed by atoms with Gasteiger partial charge in [0, 0.05) is 5.56 Å². The molecule has 6 nitrogen and oxygen atoms in total. The molecule has 0 aliphatic rings. The van der Waals surface area contributed by atoms with E-state index < -0.39 is 0 Å². The van der Waals surface area contributed by atoms with Crippen molar-refractivity contribution in [3.8, 4) is 17.2 Å². The van der Waals surface area contributed by atoms with E-state index in [1.54, 1.807) is 12.1 Å². The molecule has 2 rings (SSSR count). The topological polar surface area (TPSA) is 69.2 Å². The highest BCUT2D eigenvalue weighted by molar-refractivity contribution is 6.01. The summed E-state index contributed by atoms with van der Waals surface area (Å²) < 4.78 is 17.0. The van der Waals surface area contributed by atoms with Crippen LogP contribution in [0.4, 0.5) is 0 Å². The zero-order valence-electron chi connectivity index (χ0n) is 17.2. The summed E-state index contributed by atoms with van der Waals surface area (Å²) in [6.07, 6.45) is 0. The maximum absolute atomic E-state index is 12.7. The van der Waals surface area contributed by atoms with Crippen LogP contribution in [0.1, 0.15) is 49.2 Å². The molecule has 1 N–H and O–H groups in total. The van der Waals surface area contributed by atoms with E-state index in [0.29, 0.717) is 42.6 Å². The zero-order valence-corrected chi connectivity index (χ0v) is 17.2. The van der Waals surface area contributed by atoms with Gasteiger partial charge in [-0.2, -0.15) is 5.10 Å². The Morgan fingerprint density at radius 3 is 2.07 bits per heavy atom. The lowest BCUT2D eigenvalue weighted by Gasteiger charge is -2.16. The number of amides is 1. The van der Waals surface area contributed by atoms with Gasteiger partial charge in [-0.15, -0.1) is 0 Å². The van der Waals surface area contributed by atoms with E-state index in [0.717, 1.165) is 16.8 Å². The fraction of sp³-hybridized carbons (Fsp3) is 0.364. The lowest BCUT2D eigenvalue weighted by Crippen LogP contribution is -2.20. The maximum atomic E-state index is 12.7. The highest BCUT2D eigenvalue weighted by Crippen LogP contribution is 2.39. The molecule has 0 unspecified atom stereocenters. The monoisotopic (exact) mass is 384 g/mol. The predicted octanol–water partition coefficient (Wildman–Crippen LogP) is 4.35. The first-order valence-electron chi connectivity index (χ1n) is 9.48. The SMILES string of the molecule is CCOc1cc(C(=O)N/N=C(\C)c2cccc(C)c2)cc(OCC)c1OCC. The van der Waals surface area contributed by atoms with Crippen molar-refractivity contribution >= 4 is 11.6 Å². The first-order valence-corrected chi connectivity index (χ1v) is 9.48. The van der Waals surface area contributed by atoms with E-state index in [4.69, 9.17) is 14.2 Å². The molecule has 0 saturated heterocycles. The average molecular weight is 384 g/mol. The number of hydrogen-bond acceptors (Lipinski definition) is 5. The number of benzene rings is 2. The quantitative estimate of drug-likeness (QED) is 0.516. The van der Waals surface area contributed by atoms with Crippen LogP contribution in [0, 0.1) is 6.92 Å². The fourth-order valence-electron chi connectivity index (χ4n) is 2.65. The highest BCUT2D eigenvalue weighted by Gasteiger charge is 2.18. The molecule has 0 spiro atoms. The zero-order chi connectivity index (χ0) is 20.5. The summed E-state index contributed by atoms with van der Waals surface area (Å²) in [5.41, 5.74) is 5.80. The molecule has 0 aliphatic carbocycles. The van der Waals surface area contributed by atoms with Crippen LogP contribution in [-0.2, 0) is 0 Å². The van der Waals surface area contributed by atoms with Crippen molar-refractivity contribution in [3.05, 3.63) is 53.1 Å². The minimum atomic E-state index is -0.350. The summed E-state index contributed by atoms with van der Waals surface area (Å²) in [5.74, 6) is 1.10. The van der Waals surface area contributed by atoms with Crippen molar-refractivity contribution in [1.29, 1.82) is 0 Å². The molecule has 6 heteroatoms. The van der Waals surface area contributed by atoms with Crippen LogP contribution < -0.4 is 19.6 Å². The fourth-order valence-corrected chi connectivity index (χ4v) is 2.65. The number of rotatable bonds is 9. The van der Waals surface area contributed by atoms with Gasteiger partial charge in [-0.3, -0.25) is 4.79 Å². The smallest absolute Gasteiger partial charge is 0.271 e. The Hall–Kier alpha value is -3.02. The molecule has 0 atom stereocenters. The molecule has 0 heterocycles. The summed E-state index contributed by atoms with van der Waals surface area (Å²) >= 11 is 0. The Bertz CT molecular complexity index is 819. The van der Waals surface area contributed by atoms with E-state index in [-0.39, 0.29) is 5.91 Å². The van der Waals surface area contributed by atoms with Gasteiger partial charge in [-0.1, -0.05) is 29.8 Å². The largest absolute Gasteiger partial charge is 0.490 e. The first-order chi connectivity index (χ1) is 13.5. The molecule has 1 amide bonds. The van der Waals surface area contributed by atoms with E-state index >= 15 is 0 Å². The molecule has 0 aliphatic heterocycles. The van der Waals surface area contributed by atoms with Gasteiger partial charge >= 0.3 is 0 Å². The molecule has 150 valence electrons. The lowest BCUT2D eigenvalue weighted by atomic mass is 10.1. The van der Waals surface area contributed by atoms with E-state index in [1.165, 1.54) is 0 Å². The number of hydrazone groups is 1. The third kappa shape index (κ3) is 5.49. The Balaban J connectivity index is 2.29. The lowest BCUT2D eigenvalue weighted by molar-refractivity contribution is 0.0953. The Morgan fingerprint density at radius 1 is 0.929 bits per heavy atom. The number of carbonyl (C=O) groups is 1. The third-order valence-electron chi connectivity index (χ3n) is 3.93. The van der Waals surface area contributed by atoms with E-state index in [9.17, 15) is 4.79 Å². The summed E-state index contributed by atoms with van der Waals surface area (Å²) in [6.45, 7) is 10.9. The van der Waals surface area contributed by atoms with Gasteiger partial charge < -0.3 is 14.2 Å². The number of hydrogen-bond donors (Lipinski definition) is 1. The second-order valence-electron chi connectivity index (χ2n) is 6.11. The van der Waals surface area contributed by atoms with Gasteiger partial charge in [-0.05, 0) is 52.3 Å². The van der Waals surface area contributed by atoms with Crippen molar-refractivity contribution in [2.75, 3.05) is 19.8 Å². The van der Waals surface area contributed by atoms with Gasteiger partial charge in [-0.25, -0.2) is 5.43 Å². The minimum absolute atomic E-state index is 0.350. The molecule has 0 saturated carbocycles.